The molecule has 1 aliphatic carbocycles. The number of carboxylic acids is 1. The van der Waals surface area contributed by atoms with Gasteiger partial charge in [0.25, 0.3) is 5.56 Å². The number of allylic oxidation sites excluding steroid dienone is 3. The molecule has 0 fully saturated rings. The summed E-state index contributed by atoms with van der Waals surface area (Å²) in [5, 5.41) is 9.30. The largest absolute Gasteiger partial charge is 0.481 e. The van der Waals surface area contributed by atoms with Gasteiger partial charge in [-0.2, -0.15) is 0 Å². The first-order valence-electron chi connectivity index (χ1n) is 10.8. The molecule has 3 rings (SSSR count). The number of carboxylic acid groups (broad SMARTS) is 1. The summed E-state index contributed by atoms with van der Waals surface area (Å²) in [4.78, 5) is 41.9. The van der Waals surface area contributed by atoms with Gasteiger partial charge in [0.15, 0.2) is 0 Å². The standard InChI is InChI=1S/C25H29N3O4/c1-4-27-23(29)18(3)22(26-17(2)15-19-9-6-5-7-10-19)28(25(27)32)14-13-20-11-8-12-21(16-20)24(30)31/h5-12,21H,4,13-16H2,1-3H3,(H,30,31)/b26-17+. The van der Waals surface area contributed by atoms with Crippen molar-refractivity contribution in [3.8, 4) is 0 Å². The summed E-state index contributed by atoms with van der Waals surface area (Å²) in [6.45, 7) is 5.95. The third-order valence-electron chi connectivity index (χ3n) is 5.67. The fourth-order valence-corrected chi connectivity index (χ4v) is 3.91. The topological polar surface area (TPSA) is 93.7 Å². The smallest absolute Gasteiger partial charge is 0.332 e. The van der Waals surface area contributed by atoms with Crippen LogP contribution in [0.15, 0.2) is 68.7 Å². The molecule has 7 nitrogen and oxygen atoms in total. The first-order valence-corrected chi connectivity index (χ1v) is 10.8. The van der Waals surface area contributed by atoms with Crippen LogP contribution in [0.4, 0.5) is 5.82 Å². The van der Waals surface area contributed by atoms with E-state index in [0.29, 0.717) is 37.2 Å². The zero-order valence-corrected chi connectivity index (χ0v) is 18.7. The number of aliphatic imine (C=N–C) groups is 1. The number of nitrogens with zero attached hydrogens (tertiary/aromatic N) is 3. The lowest BCUT2D eigenvalue weighted by atomic mass is 9.92. The Hall–Kier alpha value is -3.48. The average molecular weight is 436 g/mol. The summed E-state index contributed by atoms with van der Waals surface area (Å²) in [5.74, 6) is -1.04. The molecule has 32 heavy (non-hydrogen) atoms. The lowest BCUT2D eigenvalue weighted by molar-refractivity contribution is -0.140. The molecular formula is C25H29N3O4. The molecule has 0 saturated heterocycles. The molecule has 168 valence electrons. The SMILES string of the molecule is CCn1c(=O)c(C)c(/N=C(\C)Cc2ccccc2)n(CCC2=CC=CC(C(=O)O)C2)c1=O. The molecule has 0 bridgehead atoms. The van der Waals surface area contributed by atoms with E-state index >= 15 is 0 Å². The zero-order chi connectivity index (χ0) is 23.3. The average Bonchev–Trinajstić information content (AvgIpc) is 2.78. The van der Waals surface area contributed by atoms with Crippen molar-refractivity contribution in [2.24, 2.45) is 10.9 Å². The van der Waals surface area contributed by atoms with Gasteiger partial charge in [-0.05, 0) is 39.2 Å². The summed E-state index contributed by atoms with van der Waals surface area (Å²) in [6.07, 6.45) is 6.86. The highest BCUT2D eigenvalue weighted by Gasteiger charge is 2.20. The Labute approximate surface area is 187 Å². The summed E-state index contributed by atoms with van der Waals surface area (Å²) in [7, 11) is 0. The molecule has 1 aliphatic rings. The van der Waals surface area contributed by atoms with Crippen LogP contribution in [0.3, 0.4) is 0 Å². The van der Waals surface area contributed by atoms with Crippen molar-refractivity contribution in [3.05, 3.63) is 86.1 Å². The van der Waals surface area contributed by atoms with E-state index in [1.807, 2.05) is 43.3 Å². The number of aliphatic carboxylic acids is 1. The van der Waals surface area contributed by atoms with Crippen LogP contribution in [-0.4, -0.2) is 25.9 Å². The molecule has 2 aromatic rings. The third kappa shape index (κ3) is 5.22. The molecule has 7 heteroatoms. The highest BCUT2D eigenvalue weighted by Crippen LogP contribution is 2.23. The van der Waals surface area contributed by atoms with E-state index in [9.17, 15) is 19.5 Å². The van der Waals surface area contributed by atoms with Gasteiger partial charge in [0.2, 0.25) is 0 Å². The van der Waals surface area contributed by atoms with Crippen LogP contribution in [0.1, 0.15) is 37.8 Å². The van der Waals surface area contributed by atoms with Crippen LogP contribution in [0.5, 0.6) is 0 Å². The summed E-state index contributed by atoms with van der Waals surface area (Å²) >= 11 is 0. The molecule has 1 N–H and O–H groups in total. The highest BCUT2D eigenvalue weighted by atomic mass is 16.4. The van der Waals surface area contributed by atoms with Gasteiger partial charge in [0.1, 0.15) is 5.82 Å². The molecule has 0 saturated carbocycles. The second-order valence-corrected chi connectivity index (χ2v) is 8.05. The quantitative estimate of drug-likeness (QED) is 0.641. The second kappa shape index (κ2) is 10.2. The van der Waals surface area contributed by atoms with E-state index in [0.717, 1.165) is 16.8 Å². The van der Waals surface area contributed by atoms with Gasteiger partial charge in [-0.15, -0.1) is 0 Å². The Morgan fingerprint density at radius 2 is 1.91 bits per heavy atom. The lowest BCUT2D eigenvalue weighted by Crippen LogP contribution is -2.40. The van der Waals surface area contributed by atoms with E-state index in [-0.39, 0.29) is 12.1 Å². The second-order valence-electron chi connectivity index (χ2n) is 8.05. The van der Waals surface area contributed by atoms with Gasteiger partial charge < -0.3 is 5.11 Å². The van der Waals surface area contributed by atoms with Crippen molar-refractivity contribution in [3.63, 3.8) is 0 Å². The van der Waals surface area contributed by atoms with Crippen molar-refractivity contribution in [1.82, 2.24) is 9.13 Å². The highest BCUT2D eigenvalue weighted by molar-refractivity contribution is 5.86. The molecule has 0 radical (unpaired) electrons. The van der Waals surface area contributed by atoms with E-state index in [1.165, 1.54) is 4.57 Å². The predicted molar refractivity (Wildman–Crippen MR) is 126 cm³/mol. The lowest BCUT2D eigenvalue weighted by Gasteiger charge is -2.18. The van der Waals surface area contributed by atoms with Gasteiger partial charge in [-0.3, -0.25) is 18.7 Å². The van der Waals surface area contributed by atoms with E-state index in [1.54, 1.807) is 30.6 Å². The predicted octanol–water partition coefficient (Wildman–Crippen LogP) is 3.65. The van der Waals surface area contributed by atoms with Crippen molar-refractivity contribution in [2.45, 2.75) is 53.1 Å². The zero-order valence-electron chi connectivity index (χ0n) is 18.7. The van der Waals surface area contributed by atoms with Crippen molar-refractivity contribution in [1.29, 1.82) is 0 Å². The molecule has 1 unspecified atom stereocenters. The van der Waals surface area contributed by atoms with Crippen LogP contribution in [0, 0.1) is 12.8 Å². The summed E-state index contributed by atoms with van der Waals surface area (Å²) in [5.41, 5.74) is 2.56. The molecule has 0 spiro atoms. The van der Waals surface area contributed by atoms with E-state index in [4.69, 9.17) is 4.99 Å². The Bertz CT molecular complexity index is 1200. The first-order chi connectivity index (χ1) is 15.3. The number of rotatable bonds is 8. The fourth-order valence-electron chi connectivity index (χ4n) is 3.91. The van der Waals surface area contributed by atoms with Gasteiger partial charge in [0, 0.05) is 25.2 Å². The summed E-state index contributed by atoms with van der Waals surface area (Å²) in [6, 6.07) is 9.89. The maximum atomic E-state index is 13.1. The van der Waals surface area contributed by atoms with E-state index in [2.05, 4.69) is 0 Å². The minimum Gasteiger partial charge on any atom is -0.481 e. The molecule has 1 aromatic carbocycles. The van der Waals surface area contributed by atoms with Crippen LogP contribution < -0.4 is 11.2 Å². The van der Waals surface area contributed by atoms with Crippen LogP contribution in [0.25, 0.3) is 0 Å². The third-order valence-corrected chi connectivity index (χ3v) is 5.67. The van der Waals surface area contributed by atoms with Crippen molar-refractivity contribution < 1.29 is 9.90 Å². The maximum Gasteiger partial charge on any atom is 0.332 e. The molecule has 1 atom stereocenters. The molecule has 0 amide bonds. The van der Waals surface area contributed by atoms with Crippen LogP contribution in [0.2, 0.25) is 0 Å². The first kappa shape index (κ1) is 23.2. The minimum absolute atomic E-state index is 0.276. The maximum absolute atomic E-state index is 13.1. The Balaban J connectivity index is 1.96. The van der Waals surface area contributed by atoms with Gasteiger partial charge in [-0.1, -0.05) is 54.1 Å². The van der Waals surface area contributed by atoms with Gasteiger partial charge in [0.05, 0.1) is 11.5 Å². The normalized spacial score (nSPS) is 16.2. The number of hydrogen-bond acceptors (Lipinski definition) is 4. The number of aromatic nitrogens is 2. The summed E-state index contributed by atoms with van der Waals surface area (Å²) < 4.78 is 2.76. The van der Waals surface area contributed by atoms with Crippen LogP contribution >= 0.6 is 0 Å². The van der Waals surface area contributed by atoms with E-state index < -0.39 is 17.6 Å². The molecular weight excluding hydrogens is 406 g/mol. The molecule has 1 aromatic heterocycles. The van der Waals surface area contributed by atoms with Gasteiger partial charge >= 0.3 is 11.7 Å². The number of hydrogen-bond donors (Lipinski definition) is 1. The van der Waals surface area contributed by atoms with Crippen molar-refractivity contribution in [2.75, 3.05) is 0 Å². The number of carbonyl (C=O) groups is 1. The molecule has 0 aliphatic heterocycles. The minimum atomic E-state index is -0.860. The van der Waals surface area contributed by atoms with Crippen molar-refractivity contribution >= 4 is 17.5 Å². The Morgan fingerprint density at radius 3 is 2.56 bits per heavy atom. The number of benzene rings is 1. The Morgan fingerprint density at radius 1 is 1.19 bits per heavy atom. The van der Waals surface area contributed by atoms with Gasteiger partial charge in [-0.25, -0.2) is 9.79 Å². The molecule has 1 heterocycles. The monoisotopic (exact) mass is 435 g/mol. The van der Waals surface area contributed by atoms with Crippen LogP contribution in [-0.2, 0) is 24.3 Å². The fraction of sp³-hybridized carbons (Fsp3) is 0.360. The Kier molecular flexibility index (Phi) is 7.41.